The third kappa shape index (κ3) is 3.93. The van der Waals surface area contributed by atoms with E-state index >= 15 is 0 Å². The lowest BCUT2D eigenvalue weighted by molar-refractivity contribution is -0.0395. The van der Waals surface area contributed by atoms with Gasteiger partial charge < -0.3 is 9.64 Å². The van der Waals surface area contributed by atoms with Crippen LogP contribution in [0.5, 0.6) is 0 Å². The summed E-state index contributed by atoms with van der Waals surface area (Å²) in [7, 11) is 0. The highest BCUT2D eigenvalue weighted by atomic mass is 32.1. The van der Waals surface area contributed by atoms with Gasteiger partial charge in [0, 0.05) is 24.8 Å². The van der Waals surface area contributed by atoms with E-state index in [1.807, 2.05) is 0 Å². The van der Waals surface area contributed by atoms with Gasteiger partial charge in [-0.3, -0.25) is 4.79 Å². The predicted octanol–water partition coefficient (Wildman–Crippen LogP) is 3.42. The summed E-state index contributed by atoms with van der Waals surface area (Å²) in [5.74, 6) is 0. The van der Waals surface area contributed by atoms with Gasteiger partial charge in [0.05, 0.1) is 12.2 Å². The third-order valence-corrected chi connectivity index (χ3v) is 6.41. The van der Waals surface area contributed by atoms with Crippen LogP contribution in [0.4, 0.5) is 5.13 Å². The van der Waals surface area contributed by atoms with Crippen molar-refractivity contribution < 1.29 is 4.74 Å². The Morgan fingerprint density at radius 2 is 1.88 bits per heavy atom. The molecule has 6 nitrogen and oxygen atoms in total. The van der Waals surface area contributed by atoms with Gasteiger partial charge in [-0.25, -0.2) is 4.98 Å². The van der Waals surface area contributed by atoms with Gasteiger partial charge in [0.2, 0.25) is 10.1 Å². The molecule has 0 aromatic carbocycles. The minimum Gasteiger partial charge on any atom is -0.375 e. The molecule has 2 aromatic heterocycles. The molecule has 0 unspecified atom stereocenters. The molecule has 0 amide bonds. The highest BCUT2D eigenvalue weighted by Gasteiger charge is 2.25. The van der Waals surface area contributed by atoms with Crippen LogP contribution in [-0.2, 0) is 11.2 Å². The zero-order valence-electron chi connectivity index (χ0n) is 15.5. The first-order valence-corrected chi connectivity index (χ1v) is 10.8. The topological polar surface area (TPSA) is 59.7 Å². The van der Waals surface area contributed by atoms with Gasteiger partial charge in [-0.2, -0.15) is 4.52 Å². The maximum atomic E-state index is 12.3. The molecule has 4 rings (SSSR count). The van der Waals surface area contributed by atoms with Crippen molar-refractivity contribution in [2.75, 3.05) is 18.0 Å². The molecule has 1 aliphatic carbocycles. The van der Waals surface area contributed by atoms with E-state index in [4.69, 9.17) is 4.74 Å². The molecule has 2 fully saturated rings. The molecule has 0 N–H and O–H groups in total. The summed E-state index contributed by atoms with van der Waals surface area (Å²) >= 11 is 1.52. The Bertz CT molecular complexity index is 788. The summed E-state index contributed by atoms with van der Waals surface area (Å²) in [6.07, 6.45) is 11.2. The number of anilines is 1. The third-order valence-electron chi connectivity index (χ3n) is 5.44. The second kappa shape index (κ2) is 8.05. The molecule has 26 heavy (non-hydrogen) atoms. The largest absolute Gasteiger partial charge is 0.375 e. The minimum atomic E-state index is -0.0727. The first-order chi connectivity index (χ1) is 12.7. The lowest BCUT2D eigenvalue weighted by atomic mass is 9.97. The molecular weight excluding hydrogens is 348 g/mol. The molecule has 0 radical (unpaired) electrons. The fraction of sp³-hybridized carbons (Fsp3) is 0.737. The highest BCUT2D eigenvalue weighted by molar-refractivity contribution is 7.20. The lowest BCUT2D eigenvalue weighted by Gasteiger charge is -2.34. The Hall–Kier alpha value is -1.47. The Kier molecular flexibility index (Phi) is 5.55. The number of aromatic nitrogens is 3. The molecule has 0 atom stereocenters. The van der Waals surface area contributed by atoms with Crippen LogP contribution in [0.1, 0.15) is 64.0 Å². The van der Waals surface area contributed by atoms with Crippen LogP contribution in [0.3, 0.4) is 0 Å². The molecule has 2 aromatic rings. The van der Waals surface area contributed by atoms with Gasteiger partial charge in [-0.05, 0) is 32.1 Å². The molecule has 1 saturated carbocycles. The van der Waals surface area contributed by atoms with Crippen LogP contribution in [-0.4, -0.2) is 39.9 Å². The SMILES string of the molecule is CCCc1cc(=O)n2nc(N3CCC(OC4CCCCC4)CC3)sc2n1. The monoisotopic (exact) mass is 376 g/mol. The van der Waals surface area contributed by atoms with Crippen LogP contribution in [0.2, 0.25) is 0 Å². The number of hydrogen-bond acceptors (Lipinski definition) is 6. The average molecular weight is 377 g/mol. The quantitative estimate of drug-likeness (QED) is 0.800. The zero-order chi connectivity index (χ0) is 17.9. The standard InChI is InChI=1S/C19H28N4O2S/c1-2-6-14-13-17(24)23-18(20-14)26-19(21-23)22-11-9-16(10-12-22)25-15-7-4-3-5-8-15/h13,15-16H,2-12H2,1H3. The van der Waals surface area contributed by atoms with Crippen LogP contribution in [0.25, 0.3) is 4.96 Å². The second-order valence-electron chi connectivity index (χ2n) is 7.50. The van der Waals surface area contributed by atoms with Crippen LogP contribution in [0, 0.1) is 0 Å². The van der Waals surface area contributed by atoms with Gasteiger partial charge in [0.25, 0.3) is 5.56 Å². The first kappa shape index (κ1) is 17.9. The summed E-state index contributed by atoms with van der Waals surface area (Å²) < 4.78 is 7.77. The normalized spacial score (nSPS) is 20.1. The summed E-state index contributed by atoms with van der Waals surface area (Å²) in [6, 6.07) is 1.62. The fourth-order valence-corrected chi connectivity index (χ4v) is 4.99. The van der Waals surface area contributed by atoms with Gasteiger partial charge in [0.1, 0.15) is 0 Å². The first-order valence-electron chi connectivity index (χ1n) is 10.0. The summed E-state index contributed by atoms with van der Waals surface area (Å²) in [4.78, 5) is 19.9. The van der Waals surface area contributed by atoms with Crippen molar-refractivity contribution in [3.8, 4) is 0 Å². The zero-order valence-corrected chi connectivity index (χ0v) is 16.3. The number of fused-ring (bicyclic) bond motifs is 1. The molecule has 1 saturated heterocycles. The molecule has 2 aliphatic rings. The van der Waals surface area contributed by atoms with Crippen LogP contribution >= 0.6 is 11.3 Å². The number of hydrogen-bond donors (Lipinski definition) is 0. The minimum absolute atomic E-state index is 0.0727. The van der Waals surface area contributed by atoms with Gasteiger partial charge in [-0.1, -0.05) is 43.9 Å². The number of piperidine rings is 1. The van der Waals surface area contributed by atoms with E-state index in [0.717, 1.165) is 49.6 Å². The summed E-state index contributed by atoms with van der Waals surface area (Å²) in [6.45, 7) is 3.97. The predicted molar refractivity (Wildman–Crippen MR) is 104 cm³/mol. The fourth-order valence-electron chi connectivity index (χ4n) is 4.01. The van der Waals surface area contributed by atoms with Gasteiger partial charge in [-0.15, -0.1) is 5.10 Å². The number of nitrogens with zero attached hydrogens (tertiary/aromatic N) is 4. The van der Waals surface area contributed by atoms with E-state index in [1.54, 1.807) is 6.07 Å². The maximum Gasteiger partial charge on any atom is 0.275 e. The van der Waals surface area contributed by atoms with E-state index in [-0.39, 0.29) is 5.56 Å². The van der Waals surface area contributed by atoms with Crippen molar-refractivity contribution in [2.24, 2.45) is 0 Å². The molecule has 0 spiro atoms. The van der Waals surface area contributed by atoms with Crippen molar-refractivity contribution in [2.45, 2.75) is 76.9 Å². The van der Waals surface area contributed by atoms with Crippen molar-refractivity contribution in [1.82, 2.24) is 14.6 Å². The summed E-state index contributed by atoms with van der Waals surface area (Å²) in [5, 5.41) is 5.43. The van der Waals surface area contributed by atoms with Crippen molar-refractivity contribution in [3.05, 3.63) is 22.1 Å². The molecule has 7 heteroatoms. The maximum absolute atomic E-state index is 12.3. The highest BCUT2D eigenvalue weighted by Crippen LogP contribution is 2.28. The van der Waals surface area contributed by atoms with E-state index in [1.165, 1.54) is 48.0 Å². The van der Waals surface area contributed by atoms with Crippen molar-refractivity contribution in [3.63, 3.8) is 0 Å². The van der Waals surface area contributed by atoms with Crippen LogP contribution in [0.15, 0.2) is 10.9 Å². The second-order valence-corrected chi connectivity index (χ2v) is 8.43. The van der Waals surface area contributed by atoms with E-state index in [9.17, 15) is 4.79 Å². The van der Waals surface area contributed by atoms with Crippen LogP contribution < -0.4 is 10.5 Å². The summed E-state index contributed by atoms with van der Waals surface area (Å²) in [5.41, 5.74) is 0.795. The molecular formula is C19H28N4O2S. The Morgan fingerprint density at radius 1 is 1.15 bits per heavy atom. The molecule has 142 valence electrons. The van der Waals surface area contributed by atoms with Gasteiger partial charge >= 0.3 is 0 Å². The van der Waals surface area contributed by atoms with Crippen molar-refractivity contribution >= 4 is 21.4 Å². The molecule has 1 aliphatic heterocycles. The van der Waals surface area contributed by atoms with Gasteiger partial charge in [0.15, 0.2) is 0 Å². The molecule has 0 bridgehead atoms. The smallest absolute Gasteiger partial charge is 0.275 e. The number of aryl methyl sites for hydroxylation is 1. The van der Waals surface area contributed by atoms with E-state index in [2.05, 4.69) is 21.9 Å². The Balaban J connectivity index is 1.40. The number of rotatable bonds is 5. The Labute approximate surface area is 158 Å². The lowest BCUT2D eigenvalue weighted by Crippen LogP contribution is -2.39. The average Bonchev–Trinajstić information content (AvgIpc) is 3.08. The van der Waals surface area contributed by atoms with E-state index in [0.29, 0.717) is 17.2 Å². The Morgan fingerprint density at radius 3 is 2.62 bits per heavy atom. The van der Waals surface area contributed by atoms with Crippen molar-refractivity contribution in [1.29, 1.82) is 0 Å². The molecule has 3 heterocycles. The number of ether oxygens (including phenoxy) is 1. The van der Waals surface area contributed by atoms with E-state index < -0.39 is 0 Å².